The molecule has 85 heavy (non-hydrogen) atoms. The van der Waals surface area contributed by atoms with Gasteiger partial charge in [-0.15, -0.1) is 0 Å². The van der Waals surface area contributed by atoms with Crippen molar-refractivity contribution in [2.45, 2.75) is 271 Å². The Kier molecular flexibility index (Phi) is 26.3. The fourth-order valence-electron chi connectivity index (χ4n) is 8.81. The maximum Gasteiger partial charge on any atom is 0.408 e. The summed E-state index contributed by atoms with van der Waals surface area (Å²) in [5.74, 6) is -4.71. The van der Waals surface area contributed by atoms with Crippen LogP contribution in [0.4, 0.5) is 24.0 Å². The van der Waals surface area contributed by atoms with Gasteiger partial charge in [-0.2, -0.15) is 0 Å². The fourth-order valence-corrected chi connectivity index (χ4v) is 8.81. The van der Waals surface area contributed by atoms with Crippen molar-refractivity contribution in [3.8, 4) is 0 Å². The molecule has 2 heterocycles. The summed E-state index contributed by atoms with van der Waals surface area (Å²) in [5.41, 5.74) is -4.98. The number of aliphatic hydroxyl groups excluding tert-OH is 1. The van der Waals surface area contributed by atoms with Gasteiger partial charge in [-0.25, -0.2) is 24.0 Å². The SMILES string of the molecule is CC(=O)OCC1O[C@H](O[C@@H]2C(O)C(O[C@H]3OC(CNC(=O)OC(C)(C)C)CCC3NC(=O)OC(C)(C)C)[C@@H](NC(=O)OC(C)(C)C)C[C@H]2NC(=O)[C@H](CCNC(=O)OC(C)(C)C)OC(C)=O)C(OC(C)=O)[C@@H](NC(=O)OC(C)(C)C)[C@@H]1OC(C)=O. The standard InChI is InChI=1S/C55H92N6O24/c1-27(62)73-26-36-41(75-29(3)64)37(61-50(72)85-55(17,18)19)42(76-30(4)65)45(78-36)80-39-33(58-43(67)35(74-28(2)63)22-23-56-46(68)81-51(5,6)7)24-34(60-49(71)84-54(14,15)16)40(38(39)66)79-44-32(59-48(70)83-53(11,12)13)21-20-31(77-44)25-57-47(69)82-52(8,9)10/h31-42,44-45,66H,20-26H2,1-19H3,(H,56,68)(H,57,69)(H,58,67)(H,59,70)(H,60,71)(H,61,72)/t31?,32?,33-,34+,35+,36?,37+,38?,39+,40?,41-,42?,44-,45-/m1/s1. The summed E-state index contributed by atoms with van der Waals surface area (Å²) < 4.78 is 75.9. The van der Waals surface area contributed by atoms with Gasteiger partial charge in [0, 0.05) is 47.2 Å². The van der Waals surface area contributed by atoms with Crippen LogP contribution >= 0.6 is 0 Å². The molecule has 0 radical (unpaired) electrons. The van der Waals surface area contributed by atoms with Crippen LogP contribution in [-0.4, -0.2) is 199 Å². The van der Waals surface area contributed by atoms with Crippen LogP contribution in [0.1, 0.15) is 157 Å². The Morgan fingerprint density at radius 1 is 0.494 bits per heavy atom. The van der Waals surface area contributed by atoms with E-state index in [2.05, 4.69) is 31.9 Å². The van der Waals surface area contributed by atoms with Crippen molar-refractivity contribution in [1.29, 1.82) is 0 Å². The lowest BCUT2D eigenvalue weighted by Crippen LogP contribution is -2.71. The first-order valence-corrected chi connectivity index (χ1v) is 28.0. The minimum absolute atomic E-state index is 0.107. The molecule has 1 saturated carbocycles. The largest absolute Gasteiger partial charge is 0.463 e. The van der Waals surface area contributed by atoms with Crippen molar-refractivity contribution in [3.05, 3.63) is 0 Å². The highest BCUT2D eigenvalue weighted by Gasteiger charge is 2.56. The van der Waals surface area contributed by atoms with Crippen molar-refractivity contribution in [1.82, 2.24) is 31.9 Å². The van der Waals surface area contributed by atoms with Crippen LogP contribution in [0.15, 0.2) is 0 Å². The zero-order chi connectivity index (χ0) is 64.7. The summed E-state index contributed by atoms with van der Waals surface area (Å²) >= 11 is 0. The van der Waals surface area contributed by atoms with Gasteiger partial charge in [0.2, 0.25) is 0 Å². The second-order valence-electron chi connectivity index (χ2n) is 25.6. The third kappa shape index (κ3) is 27.2. The van der Waals surface area contributed by atoms with Gasteiger partial charge >= 0.3 is 54.3 Å². The number of hydrogen-bond acceptors (Lipinski definition) is 24. The van der Waals surface area contributed by atoms with Crippen LogP contribution in [0.5, 0.6) is 0 Å². The summed E-state index contributed by atoms with van der Waals surface area (Å²) in [6.07, 6.45) is -22.1. The van der Waals surface area contributed by atoms with E-state index in [1.165, 1.54) is 0 Å². The van der Waals surface area contributed by atoms with E-state index in [4.69, 9.17) is 61.6 Å². The van der Waals surface area contributed by atoms with E-state index in [1.54, 1.807) is 104 Å². The summed E-state index contributed by atoms with van der Waals surface area (Å²) in [7, 11) is 0. The average Bonchev–Trinajstić information content (AvgIpc) is 1.40. The second kappa shape index (κ2) is 30.7. The molecule has 486 valence electrons. The van der Waals surface area contributed by atoms with Crippen LogP contribution in [0.25, 0.3) is 0 Å². The Balaban J connectivity index is 2.37. The van der Waals surface area contributed by atoms with Crippen LogP contribution in [-0.2, 0) is 85.6 Å². The molecule has 3 aliphatic rings. The van der Waals surface area contributed by atoms with E-state index < -0.39 is 187 Å². The second-order valence-corrected chi connectivity index (χ2v) is 25.6. The molecule has 0 spiro atoms. The Morgan fingerprint density at radius 3 is 1.42 bits per heavy atom. The fraction of sp³-hybridized carbons (Fsp3) is 0.818. The minimum Gasteiger partial charge on any atom is -0.463 e. The van der Waals surface area contributed by atoms with Gasteiger partial charge in [-0.3, -0.25) is 24.0 Å². The van der Waals surface area contributed by atoms with Gasteiger partial charge in [0.1, 0.15) is 65.1 Å². The number of alkyl carbamates (subject to hydrolysis) is 5. The van der Waals surface area contributed by atoms with E-state index in [0.29, 0.717) is 0 Å². The zero-order valence-electron chi connectivity index (χ0n) is 52.4. The van der Waals surface area contributed by atoms with Crippen molar-refractivity contribution >= 4 is 60.3 Å². The number of hydrogen-bond donors (Lipinski definition) is 7. The molecule has 0 aromatic heterocycles. The maximum atomic E-state index is 14.6. The zero-order valence-corrected chi connectivity index (χ0v) is 52.4. The van der Waals surface area contributed by atoms with Gasteiger partial charge in [0.15, 0.2) is 30.9 Å². The van der Waals surface area contributed by atoms with Gasteiger partial charge in [-0.05, 0) is 123 Å². The molecule has 2 saturated heterocycles. The smallest absolute Gasteiger partial charge is 0.408 e. The maximum absolute atomic E-state index is 14.6. The molecule has 6 unspecified atom stereocenters. The average molecular weight is 1220 g/mol. The highest BCUT2D eigenvalue weighted by atomic mass is 16.7. The van der Waals surface area contributed by atoms with E-state index >= 15 is 0 Å². The summed E-state index contributed by atoms with van der Waals surface area (Å²) in [5, 5.41) is 29.0. The number of ether oxygens (including phenoxy) is 13. The summed E-state index contributed by atoms with van der Waals surface area (Å²) in [6, 6.07) is -5.75. The Labute approximate surface area is 496 Å². The number of esters is 4. The molecule has 30 nitrogen and oxygen atoms in total. The normalized spacial score (nSPS) is 26.7. The molecule has 1 aliphatic carbocycles. The molecule has 6 amide bonds. The molecular formula is C55H92N6O24. The lowest BCUT2D eigenvalue weighted by Gasteiger charge is -2.50. The molecular weight excluding hydrogens is 1130 g/mol. The molecule has 3 rings (SSSR count). The Hall–Kier alpha value is -6.50. The molecule has 0 aromatic rings. The monoisotopic (exact) mass is 1220 g/mol. The van der Waals surface area contributed by atoms with E-state index in [1.807, 2.05) is 0 Å². The first-order chi connectivity index (χ1) is 38.9. The van der Waals surface area contributed by atoms with E-state index in [-0.39, 0.29) is 32.4 Å². The number of carbonyl (C=O) groups excluding carboxylic acids is 10. The molecule has 3 fully saturated rings. The Morgan fingerprint density at radius 2 is 0.941 bits per heavy atom. The number of carbonyl (C=O) groups is 10. The minimum atomic E-state index is -2.12. The topological polar surface area (TPSA) is 383 Å². The van der Waals surface area contributed by atoms with Crippen LogP contribution in [0.3, 0.4) is 0 Å². The molecule has 2 aliphatic heterocycles. The van der Waals surface area contributed by atoms with Crippen molar-refractivity contribution in [2.24, 2.45) is 0 Å². The highest BCUT2D eigenvalue weighted by Crippen LogP contribution is 2.35. The molecule has 14 atom stereocenters. The number of nitrogens with one attached hydrogen (secondary N) is 6. The van der Waals surface area contributed by atoms with E-state index in [9.17, 15) is 53.1 Å². The molecule has 0 aromatic carbocycles. The number of amides is 6. The van der Waals surface area contributed by atoms with Crippen LogP contribution < -0.4 is 31.9 Å². The number of rotatable bonds is 19. The third-order valence-corrected chi connectivity index (χ3v) is 11.7. The van der Waals surface area contributed by atoms with Crippen molar-refractivity contribution in [2.75, 3.05) is 19.7 Å². The first-order valence-electron chi connectivity index (χ1n) is 28.0. The predicted octanol–water partition coefficient (Wildman–Crippen LogP) is 3.71. The van der Waals surface area contributed by atoms with Gasteiger partial charge < -0.3 is 98.6 Å². The first kappa shape index (κ1) is 72.8. The lowest BCUT2D eigenvalue weighted by molar-refractivity contribution is -0.319. The van der Waals surface area contributed by atoms with E-state index in [0.717, 1.165) is 27.7 Å². The molecule has 0 bridgehead atoms. The van der Waals surface area contributed by atoms with Crippen LogP contribution in [0.2, 0.25) is 0 Å². The van der Waals surface area contributed by atoms with Crippen molar-refractivity contribution in [3.63, 3.8) is 0 Å². The quantitative estimate of drug-likeness (QED) is 0.0716. The summed E-state index contributed by atoms with van der Waals surface area (Å²) in [4.78, 5) is 132. The third-order valence-electron chi connectivity index (χ3n) is 11.7. The van der Waals surface area contributed by atoms with Crippen LogP contribution in [0, 0.1) is 0 Å². The van der Waals surface area contributed by atoms with Gasteiger partial charge in [-0.1, -0.05) is 0 Å². The highest BCUT2D eigenvalue weighted by molar-refractivity contribution is 5.84. The van der Waals surface area contributed by atoms with Gasteiger partial charge in [0.05, 0.1) is 24.2 Å². The van der Waals surface area contributed by atoms with Gasteiger partial charge in [0.25, 0.3) is 5.91 Å². The summed E-state index contributed by atoms with van der Waals surface area (Å²) in [6.45, 7) is 27.3. The van der Waals surface area contributed by atoms with Crippen molar-refractivity contribution < 1.29 is 115 Å². The molecule has 30 heteroatoms. The molecule has 7 N–H and O–H groups in total. The number of aliphatic hydroxyl groups is 1. The lowest BCUT2D eigenvalue weighted by atomic mass is 9.83. The Bertz CT molecular complexity index is 2320. The predicted molar refractivity (Wildman–Crippen MR) is 295 cm³/mol.